The van der Waals surface area contributed by atoms with Crippen molar-refractivity contribution < 1.29 is 4.74 Å². The first-order chi connectivity index (χ1) is 15.3. The van der Waals surface area contributed by atoms with Crippen molar-refractivity contribution in [1.82, 2.24) is 24.5 Å². The number of pyridine rings is 1. The molecule has 5 rings (SSSR count). The van der Waals surface area contributed by atoms with Gasteiger partial charge in [-0.05, 0) is 35.9 Å². The lowest BCUT2D eigenvalue weighted by Gasteiger charge is -2.11. The molecular weight excluding hydrogens is 388 g/mol. The van der Waals surface area contributed by atoms with Gasteiger partial charge in [0.25, 0.3) is 0 Å². The smallest absolute Gasteiger partial charge is 0.141 e. The van der Waals surface area contributed by atoms with Crippen molar-refractivity contribution in [3.63, 3.8) is 0 Å². The van der Waals surface area contributed by atoms with E-state index in [1.165, 1.54) is 6.33 Å². The number of hydrogen-bond acceptors (Lipinski definition) is 6. The van der Waals surface area contributed by atoms with Crippen LogP contribution in [0.4, 0.5) is 11.5 Å². The third-order valence-electron chi connectivity index (χ3n) is 4.97. The van der Waals surface area contributed by atoms with Gasteiger partial charge in [-0.2, -0.15) is 0 Å². The number of nitrogens with one attached hydrogen (secondary N) is 1. The number of imidazole rings is 1. The Morgan fingerprint density at radius 2 is 1.77 bits per heavy atom. The minimum Gasteiger partial charge on any atom is -0.489 e. The van der Waals surface area contributed by atoms with Crippen molar-refractivity contribution in [3.8, 4) is 17.1 Å². The number of nitrogens with zero attached hydrogens (tertiary/aromatic N) is 5. The van der Waals surface area contributed by atoms with Gasteiger partial charge in [-0.25, -0.2) is 15.0 Å². The maximum Gasteiger partial charge on any atom is 0.141 e. The van der Waals surface area contributed by atoms with Crippen LogP contribution in [0.2, 0.25) is 0 Å². The maximum absolute atomic E-state index is 5.87. The Bertz CT molecular complexity index is 1320. The molecule has 0 aliphatic carbocycles. The van der Waals surface area contributed by atoms with Crippen molar-refractivity contribution in [3.05, 3.63) is 91.3 Å². The highest BCUT2D eigenvalue weighted by Gasteiger charge is 2.10. The van der Waals surface area contributed by atoms with E-state index in [0.29, 0.717) is 12.4 Å². The van der Waals surface area contributed by atoms with Crippen molar-refractivity contribution in [1.29, 1.82) is 0 Å². The first-order valence-electron chi connectivity index (χ1n) is 9.87. The van der Waals surface area contributed by atoms with Gasteiger partial charge in [0.1, 0.15) is 24.5 Å². The Labute approximate surface area is 179 Å². The molecule has 31 heavy (non-hydrogen) atoms. The lowest BCUT2D eigenvalue weighted by Crippen LogP contribution is -1.99. The summed E-state index contributed by atoms with van der Waals surface area (Å²) in [5.74, 6) is 1.53. The number of hydrogen-bond donors (Lipinski definition) is 1. The second-order valence-corrected chi connectivity index (χ2v) is 7.12. The van der Waals surface area contributed by atoms with Gasteiger partial charge in [0, 0.05) is 18.1 Å². The maximum atomic E-state index is 5.87. The summed E-state index contributed by atoms with van der Waals surface area (Å²) in [4.78, 5) is 17.5. The normalized spacial score (nSPS) is 10.9. The standard InChI is InChI=1S/C24H20N6O/c1-30-16-25-13-23(30)21-11-20-22(12-26-21)27-15-28-24(20)29-18-7-9-19(10-8-18)31-14-17-5-3-2-4-6-17/h2-13,15-16H,14H2,1H3,(H,27,28,29). The lowest BCUT2D eigenvalue weighted by atomic mass is 10.2. The number of fused-ring (bicyclic) bond motifs is 1. The molecule has 0 bridgehead atoms. The first kappa shape index (κ1) is 18.7. The van der Waals surface area contributed by atoms with Crippen LogP contribution in [-0.2, 0) is 13.7 Å². The summed E-state index contributed by atoms with van der Waals surface area (Å²) in [6, 6.07) is 19.9. The Kier molecular flexibility index (Phi) is 4.98. The summed E-state index contributed by atoms with van der Waals surface area (Å²) in [6.07, 6.45) is 6.83. The van der Waals surface area contributed by atoms with Crippen molar-refractivity contribution >= 4 is 22.4 Å². The summed E-state index contributed by atoms with van der Waals surface area (Å²) in [7, 11) is 1.94. The van der Waals surface area contributed by atoms with Crippen LogP contribution in [0, 0.1) is 0 Å². The predicted molar refractivity (Wildman–Crippen MR) is 120 cm³/mol. The fraction of sp³-hybridized carbons (Fsp3) is 0.0833. The van der Waals surface area contributed by atoms with Crippen LogP contribution in [-0.4, -0.2) is 24.5 Å². The molecule has 0 radical (unpaired) electrons. The van der Waals surface area contributed by atoms with Gasteiger partial charge < -0.3 is 14.6 Å². The van der Waals surface area contributed by atoms with E-state index in [9.17, 15) is 0 Å². The number of aromatic nitrogens is 5. The summed E-state index contributed by atoms with van der Waals surface area (Å²) in [6.45, 7) is 0.536. The van der Waals surface area contributed by atoms with E-state index in [-0.39, 0.29) is 0 Å². The quantitative estimate of drug-likeness (QED) is 0.437. The molecule has 0 aliphatic rings. The zero-order chi connectivity index (χ0) is 21.0. The van der Waals surface area contributed by atoms with E-state index < -0.39 is 0 Å². The molecule has 7 nitrogen and oxygen atoms in total. The zero-order valence-electron chi connectivity index (χ0n) is 16.9. The van der Waals surface area contributed by atoms with Crippen molar-refractivity contribution in [2.24, 2.45) is 7.05 Å². The summed E-state index contributed by atoms with van der Waals surface area (Å²) < 4.78 is 7.80. The number of rotatable bonds is 6. The third kappa shape index (κ3) is 4.06. The summed E-state index contributed by atoms with van der Waals surface area (Å²) in [5.41, 5.74) is 4.55. The minimum absolute atomic E-state index is 0.536. The van der Waals surface area contributed by atoms with Crippen LogP contribution in [0.3, 0.4) is 0 Å². The second-order valence-electron chi connectivity index (χ2n) is 7.12. The van der Waals surface area contributed by atoms with Crippen LogP contribution in [0.15, 0.2) is 85.7 Å². The molecule has 0 atom stereocenters. The fourth-order valence-corrected chi connectivity index (χ4v) is 3.31. The van der Waals surface area contributed by atoms with Gasteiger partial charge in [-0.1, -0.05) is 30.3 Å². The molecule has 152 valence electrons. The number of anilines is 2. The molecule has 2 aromatic carbocycles. The van der Waals surface area contributed by atoms with E-state index in [1.807, 2.05) is 72.3 Å². The second kappa shape index (κ2) is 8.23. The highest BCUT2D eigenvalue weighted by Crippen LogP contribution is 2.27. The molecule has 0 spiro atoms. The van der Waals surface area contributed by atoms with Gasteiger partial charge in [-0.15, -0.1) is 0 Å². The van der Waals surface area contributed by atoms with Gasteiger partial charge in [0.05, 0.1) is 35.6 Å². The average molecular weight is 408 g/mol. The number of aryl methyl sites for hydroxylation is 1. The molecule has 0 saturated heterocycles. The Balaban J connectivity index is 1.36. The number of ether oxygens (including phenoxy) is 1. The molecule has 3 aromatic heterocycles. The highest BCUT2D eigenvalue weighted by atomic mass is 16.5. The highest BCUT2D eigenvalue weighted by molar-refractivity contribution is 5.92. The molecule has 1 N–H and O–H groups in total. The Morgan fingerprint density at radius 3 is 2.55 bits per heavy atom. The summed E-state index contributed by atoms with van der Waals surface area (Å²) >= 11 is 0. The van der Waals surface area contributed by atoms with Crippen LogP contribution in [0.25, 0.3) is 22.3 Å². The van der Waals surface area contributed by atoms with E-state index in [1.54, 1.807) is 18.7 Å². The molecule has 0 aliphatic heterocycles. The molecule has 7 heteroatoms. The van der Waals surface area contributed by atoms with Crippen LogP contribution in [0.5, 0.6) is 5.75 Å². The minimum atomic E-state index is 0.536. The molecule has 5 aromatic rings. The van der Waals surface area contributed by atoms with Crippen molar-refractivity contribution in [2.75, 3.05) is 5.32 Å². The molecule has 0 unspecified atom stereocenters. The Morgan fingerprint density at radius 1 is 0.935 bits per heavy atom. The van der Waals surface area contributed by atoms with E-state index >= 15 is 0 Å². The number of benzene rings is 2. The average Bonchev–Trinajstić information content (AvgIpc) is 3.25. The first-order valence-corrected chi connectivity index (χ1v) is 9.87. The van der Waals surface area contributed by atoms with Gasteiger partial charge in [0.15, 0.2) is 0 Å². The lowest BCUT2D eigenvalue weighted by molar-refractivity contribution is 0.306. The predicted octanol–water partition coefficient (Wildman–Crippen LogP) is 4.75. The van der Waals surface area contributed by atoms with E-state index in [0.717, 1.165) is 39.3 Å². The van der Waals surface area contributed by atoms with Crippen LogP contribution < -0.4 is 10.1 Å². The summed E-state index contributed by atoms with van der Waals surface area (Å²) in [5, 5.41) is 4.27. The van der Waals surface area contributed by atoms with Crippen LogP contribution in [0.1, 0.15) is 5.56 Å². The Hall–Kier alpha value is -4.26. The van der Waals surface area contributed by atoms with Gasteiger partial charge in [0.2, 0.25) is 0 Å². The zero-order valence-corrected chi connectivity index (χ0v) is 16.9. The van der Waals surface area contributed by atoms with Gasteiger partial charge in [-0.3, -0.25) is 4.98 Å². The van der Waals surface area contributed by atoms with E-state index in [4.69, 9.17) is 4.74 Å². The van der Waals surface area contributed by atoms with Crippen LogP contribution >= 0.6 is 0 Å². The molecule has 0 saturated carbocycles. The SMILES string of the molecule is Cn1cncc1-c1cc2c(Nc3ccc(OCc4ccccc4)cc3)ncnc2cn1. The topological polar surface area (TPSA) is 77.8 Å². The largest absolute Gasteiger partial charge is 0.489 e. The fourth-order valence-electron chi connectivity index (χ4n) is 3.31. The molecule has 0 amide bonds. The molecule has 3 heterocycles. The molecule has 0 fully saturated rings. The van der Waals surface area contributed by atoms with Gasteiger partial charge >= 0.3 is 0 Å². The monoisotopic (exact) mass is 408 g/mol. The van der Waals surface area contributed by atoms with E-state index in [2.05, 4.69) is 25.3 Å². The van der Waals surface area contributed by atoms with Crippen molar-refractivity contribution in [2.45, 2.75) is 6.61 Å². The third-order valence-corrected chi connectivity index (χ3v) is 4.97. The molecular formula is C24H20N6O.